The molecule has 0 aliphatic carbocycles. The van der Waals surface area contributed by atoms with Crippen molar-refractivity contribution in [2.75, 3.05) is 14.1 Å². The summed E-state index contributed by atoms with van der Waals surface area (Å²) in [7, 11) is 3.40. The smallest absolute Gasteiger partial charge is 0.268 e. The normalized spacial score (nSPS) is 12.4. The van der Waals surface area contributed by atoms with Crippen molar-refractivity contribution in [2.45, 2.75) is 33.2 Å². The van der Waals surface area contributed by atoms with Crippen LogP contribution < -0.4 is 5.32 Å². The molecule has 0 saturated heterocycles. The van der Waals surface area contributed by atoms with Gasteiger partial charge in [-0.05, 0) is 24.0 Å². The van der Waals surface area contributed by atoms with Gasteiger partial charge in [-0.3, -0.25) is 9.59 Å². The van der Waals surface area contributed by atoms with Crippen molar-refractivity contribution in [2.24, 2.45) is 5.92 Å². The number of para-hydroxylation sites is 1. The molecule has 23 heavy (non-hydrogen) atoms. The van der Waals surface area contributed by atoms with Gasteiger partial charge >= 0.3 is 0 Å². The monoisotopic (exact) mass is 315 g/mol. The van der Waals surface area contributed by atoms with Crippen LogP contribution in [0.5, 0.6) is 0 Å². The van der Waals surface area contributed by atoms with Crippen LogP contribution in [0.4, 0.5) is 0 Å². The summed E-state index contributed by atoms with van der Waals surface area (Å²) in [5.74, 6) is -0.308. The first-order valence-electron chi connectivity index (χ1n) is 7.98. The van der Waals surface area contributed by atoms with Crippen LogP contribution in [-0.2, 0) is 11.2 Å². The zero-order chi connectivity index (χ0) is 17.1. The molecule has 2 rings (SSSR count). The fraction of sp³-hybridized carbons (Fsp3) is 0.444. The molecule has 0 fully saturated rings. The number of carbonyl (C=O) groups is 2. The summed E-state index contributed by atoms with van der Waals surface area (Å²) in [4.78, 5) is 29.7. The number of aryl methyl sites for hydroxylation is 1. The summed E-state index contributed by atoms with van der Waals surface area (Å²) >= 11 is 0. The Balaban J connectivity index is 2.34. The van der Waals surface area contributed by atoms with E-state index in [2.05, 4.69) is 10.3 Å². The van der Waals surface area contributed by atoms with Crippen molar-refractivity contribution < 1.29 is 9.59 Å². The lowest BCUT2D eigenvalue weighted by Crippen LogP contribution is -2.49. The summed E-state index contributed by atoms with van der Waals surface area (Å²) in [5.41, 5.74) is 2.47. The molecule has 1 heterocycles. The standard InChI is InChI=1S/C18H25N3O2/c1-6-12-13-9-7-8-10-14(13)19-16(12)17(22)20-15(11(2)3)18(23)21(4)5/h7-11,15,19H,6H2,1-5H3,(H,20,22)/t15-/m1/s1. The van der Waals surface area contributed by atoms with Crippen molar-refractivity contribution in [1.82, 2.24) is 15.2 Å². The molecule has 0 aliphatic rings. The number of amides is 2. The molecular weight excluding hydrogens is 290 g/mol. The second-order valence-electron chi connectivity index (χ2n) is 6.31. The van der Waals surface area contributed by atoms with Crippen molar-refractivity contribution in [3.05, 3.63) is 35.5 Å². The van der Waals surface area contributed by atoms with Crippen LogP contribution in [0.3, 0.4) is 0 Å². The molecule has 2 aromatic rings. The number of nitrogens with one attached hydrogen (secondary N) is 2. The van der Waals surface area contributed by atoms with Gasteiger partial charge in [-0.25, -0.2) is 0 Å². The van der Waals surface area contributed by atoms with Gasteiger partial charge in [0.05, 0.1) is 0 Å². The summed E-state index contributed by atoms with van der Waals surface area (Å²) in [6.07, 6.45) is 0.751. The number of hydrogen-bond acceptors (Lipinski definition) is 2. The van der Waals surface area contributed by atoms with E-state index in [0.717, 1.165) is 22.9 Å². The number of aromatic amines is 1. The van der Waals surface area contributed by atoms with Crippen LogP contribution in [0.2, 0.25) is 0 Å². The molecule has 1 aromatic carbocycles. The summed E-state index contributed by atoms with van der Waals surface area (Å²) in [6, 6.07) is 7.33. The number of H-pyrrole nitrogens is 1. The summed E-state index contributed by atoms with van der Waals surface area (Å²) in [5, 5.41) is 3.94. The highest BCUT2D eigenvalue weighted by Gasteiger charge is 2.27. The van der Waals surface area contributed by atoms with E-state index < -0.39 is 6.04 Å². The van der Waals surface area contributed by atoms with Crippen LogP contribution in [0, 0.1) is 5.92 Å². The average Bonchev–Trinajstić information content (AvgIpc) is 2.89. The molecule has 2 N–H and O–H groups in total. The second-order valence-corrected chi connectivity index (χ2v) is 6.31. The fourth-order valence-corrected chi connectivity index (χ4v) is 2.77. The topological polar surface area (TPSA) is 65.2 Å². The third-order valence-corrected chi connectivity index (χ3v) is 4.05. The van der Waals surface area contributed by atoms with Crippen molar-refractivity contribution in [1.29, 1.82) is 0 Å². The Morgan fingerprint density at radius 2 is 1.87 bits per heavy atom. The molecule has 0 aliphatic heterocycles. The van der Waals surface area contributed by atoms with E-state index in [1.165, 1.54) is 4.90 Å². The number of hydrogen-bond donors (Lipinski definition) is 2. The Bertz CT molecular complexity index is 716. The predicted molar refractivity (Wildman–Crippen MR) is 92.5 cm³/mol. The zero-order valence-electron chi connectivity index (χ0n) is 14.4. The maximum absolute atomic E-state index is 12.7. The average molecular weight is 315 g/mol. The fourth-order valence-electron chi connectivity index (χ4n) is 2.77. The number of aromatic nitrogens is 1. The molecule has 0 bridgehead atoms. The van der Waals surface area contributed by atoms with Gasteiger partial charge in [-0.15, -0.1) is 0 Å². The number of likely N-dealkylation sites (N-methyl/N-ethyl adjacent to an activating group) is 1. The first-order valence-corrected chi connectivity index (χ1v) is 7.98. The molecule has 5 heteroatoms. The molecule has 1 aromatic heterocycles. The first-order chi connectivity index (χ1) is 10.9. The molecule has 1 atom stereocenters. The maximum Gasteiger partial charge on any atom is 0.268 e. The lowest BCUT2D eigenvalue weighted by atomic mass is 10.0. The molecule has 0 spiro atoms. The van der Waals surface area contributed by atoms with Gasteiger partial charge in [0, 0.05) is 25.0 Å². The van der Waals surface area contributed by atoms with E-state index in [4.69, 9.17) is 0 Å². The Morgan fingerprint density at radius 1 is 1.22 bits per heavy atom. The minimum absolute atomic E-state index is 0.0169. The Labute approximate surface area is 137 Å². The van der Waals surface area contributed by atoms with E-state index >= 15 is 0 Å². The highest BCUT2D eigenvalue weighted by Crippen LogP contribution is 2.23. The van der Waals surface area contributed by atoms with Crippen LogP contribution >= 0.6 is 0 Å². The summed E-state index contributed by atoms with van der Waals surface area (Å²) < 4.78 is 0. The minimum Gasteiger partial charge on any atom is -0.350 e. The van der Waals surface area contributed by atoms with Gasteiger partial charge in [0.15, 0.2) is 0 Å². The molecule has 0 saturated carbocycles. The highest BCUT2D eigenvalue weighted by atomic mass is 16.2. The second kappa shape index (κ2) is 6.86. The molecule has 2 amide bonds. The van der Waals surface area contributed by atoms with Gasteiger partial charge in [-0.1, -0.05) is 39.0 Å². The van der Waals surface area contributed by atoms with Crippen LogP contribution in [0.15, 0.2) is 24.3 Å². The third-order valence-electron chi connectivity index (χ3n) is 4.05. The minimum atomic E-state index is -0.534. The molecule has 124 valence electrons. The number of benzene rings is 1. The number of nitrogens with zero attached hydrogens (tertiary/aromatic N) is 1. The quantitative estimate of drug-likeness (QED) is 0.890. The number of rotatable bonds is 5. The van der Waals surface area contributed by atoms with Crippen LogP contribution in [-0.4, -0.2) is 41.8 Å². The van der Waals surface area contributed by atoms with E-state index in [-0.39, 0.29) is 17.7 Å². The Kier molecular flexibility index (Phi) is 5.08. The predicted octanol–water partition coefficient (Wildman–Crippen LogP) is 2.57. The lowest BCUT2D eigenvalue weighted by Gasteiger charge is -2.24. The van der Waals surface area contributed by atoms with Gasteiger partial charge in [-0.2, -0.15) is 0 Å². The molecule has 0 radical (unpaired) electrons. The van der Waals surface area contributed by atoms with E-state index in [1.54, 1.807) is 14.1 Å². The van der Waals surface area contributed by atoms with E-state index in [9.17, 15) is 9.59 Å². The van der Waals surface area contributed by atoms with Gasteiger partial charge in [0.1, 0.15) is 11.7 Å². The largest absolute Gasteiger partial charge is 0.350 e. The summed E-state index contributed by atoms with van der Waals surface area (Å²) in [6.45, 7) is 5.88. The molecular formula is C18H25N3O2. The number of carbonyl (C=O) groups excluding carboxylic acids is 2. The van der Waals surface area contributed by atoms with E-state index in [0.29, 0.717) is 5.69 Å². The van der Waals surface area contributed by atoms with Gasteiger partial charge < -0.3 is 15.2 Å². The van der Waals surface area contributed by atoms with Crippen molar-refractivity contribution >= 4 is 22.7 Å². The molecule has 5 nitrogen and oxygen atoms in total. The molecule has 0 unspecified atom stereocenters. The van der Waals surface area contributed by atoms with Crippen molar-refractivity contribution in [3.63, 3.8) is 0 Å². The Hall–Kier alpha value is -2.30. The number of fused-ring (bicyclic) bond motifs is 1. The van der Waals surface area contributed by atoms with E-state index in [1.807, 2.05) is 45.0 Å². The van der Waals surface area contributed by atoms with Crippen LogP contribution in [0.1, 0.15) is 36.8 Å². The Morgan fingerprint density at radius 3 is 2.43 bits per heavy atom. The first kappa shape index (κ1) is 17.1. The maximum atomic E-state index is 12.7. The van der Waals surface area contributed by atoms with Crippen molar-refractivity contribution in [3.8, 4) is 0 Å². The highest BCUT2D eigenvalue weighted by molar-refractivity contribution is 6.02. The zero-order valence-corrected chi connectivity index (χ0v) is 14.4. The van der Waals surface area contributed by atoms with Gasteiger partial charge in [0.2, 0.25) is 5.91 Å². The SMILES string of the molecule is CCc1c(C(=O)N[C@@H](C(=O)N(C)C)C(C)C)[nH]c2ccccc12. The lowest BCUT2D eigenvalue weighted by molar-refractivity contribution is -0.131. The third kappa shape index (κ3) is 3.38. The van der Waals surface area contributed by atoms with Crippen LogP contribution in [0.25, 0.3) is 10.9 Å². The van der Waals surface area contributed by atoms with Gasteiger partial charge in [0.25, 0.3) is 5.91 Å².